The highest BCUT2D eigenvalue weighted by Gasteiger charge is 2.33. The topological polar surface area (TPSA) is 65.2 Å². The maximum atomic E-state index is 14.1. The first-order valence-electron chi connectivity index (χ1n) is 7.30. The van der Waals surface area contributed by atoms with Crippen molar-refractivity contribution in [3.63, 3.8) is 0 Å². The average molecular weight is 303 g/mol. The van der Waals surface area contributed by atoms with Crippen molar-refractivity contribution in [1.82, 2.24) is 15.2 Å². The van der Waals surface area contributed by atoms with Crippen LogP contribution >= 0.6 is 0 Å². The lowest BCUT2D eigenvalue weighted by Crippen LogP contribution is -2.51. The molecule has 0 bridgehead atoms. The third kappa shape index (κ3) is 2.34. The fraction of sp³-hybridized carbons (Fsp3) is 0.375. The number of aromatic amines is 1. The van der Waals surface area contributed by atoms with Gasteiger partial charge in [0.1, 0.15) is 11.9 Å². The monoisotopic (exact) mass is 303 g/mol. The van der Waals surface area contributed by atoms with Crippen LogP contribution in [0.5, 0.6) is 0 Å². The smallest absolute Gasteiger partial charge is 0.243 e. The Kier molecular flexibility index (Phi) is 3.60. The summed E-state index contributed by atoms with van der Waals surface area (Å²) in [5.74, 6) is -0.518. The fourth-order valence-corrected chi connectivity index (χ4v) is 3.02. The van der Waals surface area contributed by atoms with Crippen LogP contribution in [0.4, 0.5) is 4.39 Å². The van der Waals surface area contributed by atoms with Gasteiger partial charge in [-0.25, -0.2) is 4.39 Å². The van der Waals surface area contributed by atoms with Crippen molar-refractivity contribution >= 4 is 23.2 Å². The first kappa shape index (κ1) is 14.6. The Morgan fingerprint density at radius 2 is 2.27 bits per heavy atom. The van der Waals surface area contributed by atoms with Gasteiger partial charge in [-0.3, -0.25) is 9.59 Å². The number of aromatic nitrogens is 1. The van der Waals surface area contributed by atoms with Gasteiger partial charge in [0.05, 0.1) is 6.54 Å². The zero-order valence-electron chi connectivity index (χ0n) is 12.5. The normalized spacial score (nSPS) is 17.6. The third-order valence-corrected chi connectivity index (χ3v) is 3.97. The largest absolute Gasteiger partial charge is 0.357 e. The predicted octanol–water partition coefficient (Wildman–Crippen LogP) is 1.71. The van der Waals surface area contributed by atoms with Crippen LogP contribution in [0.15, 0.2) is 18.2 Å². The number of halogens is 1. The summed E-state index contributed by atoms with van der Waals surface area (Å²) in [6.45, 7) is 4.01. The molecule has 2 heterocycles. The fourth-order valence-electron chi connectivity index (χ4n) is 3.02. The number of rotatable bonds is 3. The predicted molar refractivity (Wildman–Crippen MR) is 80.6 cm³/mol. The van der Waals surface area contributed by atoms with Crippen LogP contribution in [0.3, 0.4) is 0 Å². The maximum absolute atomic E-state index is 14.1. The second-order valence-electron chi connectivity index (χ2n) is 5.91. The molecule has 0 spiro atoms. The second kappa shape index (κ2) is 5.44. The maximum Gasteiger partial charge on any atom is 0.243 e. The van der Waals surface area contributed by atoms with Gasteiger partial charge in [-0.2, -0.15) is 0 Å². The minimum absolute atomic E-state index is 0.0119. The lowest BCUT2D eigenvalue weighted by Gasteiger charge is -2.32. The highest BCUT2D eigenvalue weighted by molar-refractivity contribution is 5.89. The van der Waals surface area contributed by atoms with Crippen molar-refractivity contribution in [3.05, 3.63) is 35.3 Å². The Balaban J connectivity index is 2.03. The van der Waals surface area contributed by atoms with E-state index in [9.17, 15) is 14.0 Å². The molecule has 5 nitrogen and oxygen atoms in total. The number of nitrogens with zero attached hydrogens (tertiary/aromatic N) is 1. The Hall–Kier alpha value is -2.37. The summed E-state index contributed by atoms with van der Waals surface area (Å²) >= 11 is 0. The molecule has 0 saturated heterocycles. The van der Waals surface area contributed by atoms with Crippen LogP contribution in [0, 0.1) is 5.82 Å². The number of amides is 2. The summed E-state index contributed by atoms with van der Waals surface area (Å²) in [5.41, 5.74) is 2.27. The van der Waals surface area contributed by atoms with Gasteiger partial charge >= 0.3 is 0 Å². The molecule has 6 heteroatoms. The van der Waals surface area contributed by atoms with E-state index in [0.717, 1.165) is 11.3 Å². The molecular weight excluding hydrogens is 285 g/mol. The highest BCUT2D eigenvalue weighted by atomic mass is 19.1. The molecule has 0 radical (unpaired) electrons. The van der Waals surface area contributed by atoms with E-state index >= 15 is 0 Å². The average Bonchev–Trinajstić information content (AvgIpc) is 2.83. The van der Waals surface area contributed by atoms with Crippen molar-refractivity contribution < 1.29 is 14.0 Å². The molecular formula is C16H18FN3O2. The van der Waals surface area contributed by atoms with E-state index in [1.807, 2.05) is 13.8 Å². The molecule has 116 valence electrons. The standard InChI is InChI=1S/C16H18FN3O2/c1-9(2)18-16(22)14-6-10-13(7-20(14)8-21)19-12-5-3-4-11(17)15(10)12/h3-5,8-9,14,19H,6-7H2,1-2H3,(H,18,22). The number of hydrogen-bond donors (Lipinski definition) is 2. The Morgan fingerprint density at radius 1 is 1.50 bits per heavy atom. The lowest BCUT2D eigenvalue weighted by molar-refractivity contribution is -0.134. The van der Waals surface area contributed by atoms with Crippen LogP contribution in [0.1, 0.15) is 25.1 Å². The first-order chi connectivity index (χ1) is 10.5. The Morgan fingerprint density at radius 3 is 2.95 bits per heavy atom. The van der Waals surface area contributed by atoms with Crippen LogP contribution in [-0.2, 0) is 22.6 Å². The van der Waals surface area contributed by atoms with E-state index in [1.54, 1.807) is 12.1 Å². The number of fused-ring (bicyclic) bond motifs is 3. The molecule has 22 heavy (non-hydrogen) atoms. The molecule has 1 atom stereocenters. The number of H-pyrrole nitrogens is 1. The number of benzene rings is 1. The van der Waals surface area contributed by atoms with Crippen LogP contribution in [-0.4, -0.2) is 34.3 Å². The minimum Gasteiger partial charge on any atom is -0.357 e. The first-order valence-corrected chi connectivity index (χ1v) is 7.30. The SMILES string of the molecule is CC(C)NC(=O)C1Cc2c([nH]c3cccc(F)c23)CN1C=O. The summed E-state index contributed by atoms with van der Waals surface area (Å²) in [4.78, 5) is 28.2. The van der Waals surface area contributed by atoms with Crippen LogP contribution in [0.25, 0.3) is 10.9 Å². The quantitative estimate of drug-likeness (QED) is 0.848. The van der Waals surface area contributed by atoms with E-state index in [-0.39, 0.29) is 24.3 Å². The number of carbonyl (C=O) groups is 2. The number of nitrogens with one attached hydrogen (secondary N) is 2. The van der Waals surface area contributed by atoms with E-state index in [2.05, 4.69) is 10.3 Å². The van der Waals surface area contributed by atoms with E-state index in [1.165, 1.54) is 11.0 Å². The molecule has 1 aromatic carbocycles. The molecule has 1 unspecified atom stereocenters. The van der Waals surface area contributed by atoms with Crippen molar-refractivity contribution in [2.75, 3.05) is 0 Å². The van der Waals surface area contributed by atoms with Crippen molar-refractivity contribution in [2.24, 2.45) is 0 Å². The Bertz CT molecular complexity index is 738. The molecule has 2 N–H and O–H groups in total. The molecule has 2 amide bonds. The van der Waals surface area contributed by atoms with Gasteiger partial charge in [0.15, 0.2) is 0 Å². The van der Waals surface area contributed by atoms with Crippen molar-refractivity contribution in [1.29, 1.82) is 0 Å². The number of carbonyl (C=O) groups excluding carboxylic acids is 2. The molecule has 1 aromatic heterocycles. The zero-order valence-corrected chi connectivity index (χ0v) is 12.5. The van der Waals surface area contributed by atoms with Crippen molar-refractivity contribution in [2.45, 2.75) is 38.9 Å². The van der Waals surface area contributed by atoms with Gasteiger partial charge in [-0.1, -0.05) is 6.07 Å². The third-order valence-electron chi connectivity index (χ3n) is 3.97. The second-order valence-corrected chi connectivity index (χ2v) is 5.91. The van der Waals surface area contributed by atoms with Gasteiger partial charge in [-0.15, -0.1) is 0 Å². The van der Waals surface area contributed by atoms with Gasteiger partial charge in [-0.05, 0) is 31.5 Å². The molecule has 2 aromatic rings. The van der Waals surface area contributed by atoms with Gasteiger partial charge in [0.25, 0.3) is 0 Å². The van der Waals surface area contributed by atoms with Gasteiger partial charge < -0.3 is 15.2 Å². The highest BCUT2D eigenvalue weighted by Crippen LogP contribution is 2.31. The summed E-state index contributed by atoms with van der Waals surface area (Å²) in [7, 11) is 0. The lowest BCUT2D eigenvalue weighted by atomic mass is 9.96. The van der Waals surface area contributed by atoms with Gasteiger partial charge in [0.2, 0.25) is 12.3 Å². The minimum atomic E-state index is -0.606. The Labute approximate surface area is 127 Å². The summed E-state index contributed by atoms with van der Waals surface area (Å²) in [6.07, 6.45) is 0.989. The van der Waals surface area contributed by atoms with Crippen molar-refractivity contribution in [3.8, 4) is 0 Å². The van der Waals surface area contributed by atoms with E-state index in [0.29, 0.717) is 23.7 Å². The summed E-state index contributed by atoms with van der Waals surface area (Å²) in [6, 6.07) is 4.23. The summed E-state index contributed by atoms with van der Waals surface area (Å²) < 4.78 is 14.1. The van der Waals surface area contributed by atoms with E-state index in [4.69, 9.17) is 0 Å². The molecule has 0 aliphatic carbocycles. The zero-order chi connectivity index (χ0) is 15.9. The number of hydrogen-bond acceptors (Lipinski definition) is 2. The van der Waals surface area contributed by atoms with Crippen LogP contribution < -0.4 is 5.32 Å². The van der Waals surface area contributed by atoms with Gasteiger partial charge in [0, 0.05) is 29.1 Å². The summed E-state index contributed by atoms with van der Waals surface area (Å²) in [5, 5.41) is 3.34. The molecule has 0 fully saturated rings. The van der Waals surface area contributed by atoms with Crippen LogP contribution in [0.2, 0.25) is 0 Å². The molecule has 3 rings (SSSR count). The molecule has 0 saturated carbocycles. The van der Waals surface area contributed by atoms with E-state index < -0.39 is 6.04 Å². The molecule has 1 aliphatic heterocycles. The molecule has 1 aliphatic rings.